The van der Waals surface area contributed by atoms with E-state index in [1.165, 1.54) is 19.3 Å². The van der Waals surface area contributed by atoms with E-state index < -0.39 is 64.5 Å². The van der Waals surface area contributed by atoms with Crippen molar-refractivity contribution in [3.8, 4) is 0 Å². The largest absolute Gasteiger partial charge is 0.472 e. The maximum atomic E-state index is 12.6. The standard InChI is InChI=1S/C48H75O12P/c1-3-5-7-8-9-10-11-12-13-14-15-16-17-18-19-20-21-22-28-32-48(54)60-44(40-59-61(55,56)58-38-43(51)37-49)39-57-47(53)31-27-24-23-26-29-41-33-36-46(52)45(41)35-34-42(50)30-25-6-4-2/h9-10,12-13,15-16,18-19,21-23,26,33-36,41-45,49-51H,3-8,11,14,17,20,24-25,27-32,37-40H2,1-2H3,(H,55,56)/b10-9-,13-12-,16-15-,19-18-,22-21-,26-23-,35-34+/t41-,42-,43-,44+,45+/m0/s1. The van der Waals surface area contributed by atoms with Crippen LogP contribution in [0.3, 0.4) is 0 Å². The van der Waals surface area contributed by atoms with Crippen molar-refractivity contribution in [2.45, 2.75) is 148 Å². The van der Waals surface area contributed by atoms with E-state index in [1.807, 2.05) is 42.5 Å². The lowest BCUT2D eigenvalue weighted by Gasteiger charge is -2.20. The highest BCUT2D eigenvalue weighted by Gasteiger charge is 2.28. The van der Waals surface area contributed by atoms with Crippen LogP contribution in [0, 0.1) is 11.8 Å². The van der Waals surface area contributed by atoms with E-state index in [0.717, 1.165) is 44.9 Å². The molecule has 0 aromatic rings. The zero-order valence-electron chi connectivity index (χ0n) is 36.7. The van der Waals surface area contributed by atoms with Gasteiger partial charge in [0.1, 0.15) is 12.7 Å². The average Bonchev–Trinajstić information content (AvgIpc) is 3.60. The number of rotatable bonds is 37. The van der Waals surface area contributed by atoms with Crippen molar-refractivity contribution >= 4 is 25.5 Å². The Kier molecular flexibility index (Phi) is 33.8. The highest BCUT2D eigenvalue weighted by molar-refractivity contribution is 7.47. The fourth-order valence-electron chi connectivity index (χ4n) is 5.91. The third-order valence-corrected chi connectivity index (χ3v) is 10.4. The minimum atomic E-state index is -4.70. The van der Waals surface area contributed by atoms with Gasteiger partial charge in [-0.3, -0.25) is 23.4 Å². The summed E-state index contributed by atoms with van der Waals surface area (Å²) in [4.78, 5) is 47.5. The number of phosphoric ester groups is 1. The Labute approximate surface area is 365 Å². The normalized spacial score (nSPS) is 18.6. The van der Waals surface area contributed by atoms with E-state index in [4.69, 9.17) is 19.1 Å². The average molecular weight is 875 g/mol. The van der Waals surface area contributed by atoms with Gasteiger partial charge < -0.3 is 29.7 Å². The molecule has 0 radical (unpaired) electrons. The van der Waals surface area contributed by atoms with Crippen molar-refractivity contribution in [3.05, 3.63) is 97.2 Å². The predicted molar refractivity (Wildman–Crippen MR) is 241 cm³/mol. The summed E-state index contributed by atoms with van der Waals surface area (Å²) in [5, 5.41) is 28.6. The van der Waals surface area contributed by atoms with E-state index in [1.54, 1.807) is 12.2 Å². The van der Waals surface area contributed by atoms with Crippen LogP contribution in [0.5, 0.6) is 0 Å². The lowest BCUT2D eigenvalue weighted by Crippen LogP contribution is -2.29. The van der Waals surface area contributed by atoms with Gasteiger partial charge in [-0.1, -0.05) is 137 Å². The summed E-state index contributed by atoms with van der Waals surface area (Å²) in [6.45, 7) is 1.92. The van der Waals surface area contributed by atoms with Crippen LogP contribution in [0.25, 0.3) is 0 Å². The summed E-state index contributed by atoms with van der Waals surface area (Å²) < 4.78 is 32.6. The van der Waals surface area contributed by atoms with Crippen LogP contribution in [0.15, 0.2) is 97.2 Å². The number of hydrogen-bond acceptors (Lipinski definition) is 11. The number of carbonyl (C=O) groups is 3. The molecule has 13 heteroatoms. The molecule has 1 aliphatic carbocycles. The van der Waals surface area contributed by atoms with Gasteiger partial charge in [0.05, 0.1) is 25.9 Å². The molecule has 6 atom stereocenters. The molecule has 0 saturated heterocycles. The number of allylic oxidation sites excluding steroid dienone is 15. The van der Waals surface area contributed by atoms with E-state index >= 15 is 0 Å². The first-order valence-electron chi connectivity index (χ1n) is 22.2. The molecule has 0 aromatic carbocycles. The molecule has 0 bridgehead atoms. The van der Waals surface area contributed by atoms with Crippen molar-refractivity contribution < 1.29 is 57.7 Å². The molecule has 0 aromatic heterocycles. The van der Waals surface area contributed by atoms with Crippen molar-refractivity contribution in [2.75, 3.05) is 26.4 Å². The molecule has 0 amide bonds. The Balaban J connectivity index is 2.48. The summed E-state index contributed by atoms with van der Waals surface area (Å²) >= 11 is 0. The number of aliphatic hydroxyl groups is 3. The number of esters is 2. The second-order valence-corrected chi connectivity index (χ2v) is 16.5. The SMILES string of the molecule is CCCCC/C=C\C/C=C\C/C=C\C/C=C\C/C=C\CCC(=O)O[C@H](COC(=O)CCC/C=C\C[C@H]1C=CC(=O)[C@@H]1/C=C/[C@@H](O)CCCCC)COP(=O)(O)OC[C@@H](O)CO. The summed E-state index contributed by atoms with van der Waals surface area (Å²) in [7, 11) is -4.70. The molecule has 0 aliphatic heterocycles. The molecule has 12 nitrogen and oxygen atoms in total. The van der Waals surface area contributed by atoms with Crippen molar-refractivity contribution in [2.24, 2.45) is 11.8 Å². The molecule has 0 saturated carbocycles. The molecule has 1 rings (SSSR count). The zero-order chi connectivity index (χ0) is 44.8. The minimum Gasteiger partial charge on any atom is -0.462 e. The van der Waals surface area contributed by atoms with Gasteiger partial charge in [0.25, 0.3) is 0 Å². The van der Waals surface area contributed by atoms with Crippen LogP contribution in [0.4, 0.5) is 0 Å². The first kappa shape index (κ1) is 55.5. The number of ether oxygens (including phenoxy) is 2. The van der Waals surface area contributed by atoms with Crippen LogP contribution >= 0.6 is 7.82 Å². The van der Waals surface area contributed by atoms with Gasteiger partial charge in [-0.15, -0.1) is 0 Å². The lowest BCUT2D eigenvalue weighted by molar-refractivity contribution is -0.161. The second kappa shape index (κ2) is 37.1. The van der Waals surface area contributed by atoms with E-state index in [9.17, 15) is 34.1 Å². The van der Waals surface area contributed by atoms with Crippen molar-refractivity contribution in [1.29, 1.82) is 0 Å². The molecule has 0 spiro atoms. The third kappa shape index (κ3) is 31.9. The maximum Gasteiger partial charge on any atom is 0.472 e. The predicted octanol–water partition coefficient (Wildman–Crippen LogP) is 9.62. The number of carbonyl (C=O) groups excluding carboxylic acids is 3. The molecule has 61 heavy (non-hydrogen) atoms. The molecule has 344 valence electrons. The fourth-order valence-corrected chi connectivity index (χ4v) is 6.70. The number of aliphatic hydroxyl groups excluding tert-OH is 3. The van der Waals surface area contributed by atoms with Crippen LogP contribution in [-0.2, 0) is 37.5 Å². The van der Waals surface area contributed by atoms with Crippen molar-refractivity contribution in [1.82, 2.24) is 0 Å². The topological polar surface area (TPSA) is 186 Å². The Morgan fingerprint density at radius 2 is 1.30 bits per heavy atom. The summed E-state index contributed by atoms with van der Waals surface area (Å²) in [5.74, 6) is -1.46. The molecule has 4 N–H and O–H groups in total. The lowest BCUT2D eigenvalue weighted by atomic mass is 9.90. The number of phosphoric acid groups is 1. The fraction of sp³-hybridized carbons (Fsp3) is 0.604. The van der Waals surface area contributed by atoms with Gasteiger partial charge in [-0.05, 0) is 82.6 Å². The van der Waals surface area contributed by atoms with Gasteiger partial charge in [0, 0.05) is 18.8 Å². The third-order valence-electron chi connectivity index (χ3n) is 9.47. The van der Waals surface area contributed by atoms with Crippen LogP contribution < -0.4 is 0 Å². The van der Waals surface area contributed by atoms with Crippen LogP contribution in [0.2, 0.25) is 0 Å². The van der Waals surface area contributed by atoms with Gasteiger partial charge in [-0.25, -0.2) is 4.57 Å². The number of unbranched alkanes of at least 4 members (excludes halogenated alkanes) is 6. The van der Waals surface area contributed by atoms with Crippen LogP contribution in [-0.4, -0.2) is 82.7 Å². The molecular weight excluding hydrogens is 799 g/mol. The van der Waals surface area contributed by atoms with Gasteiger partial charge in [0.2, 0.25) is 0 Å². The van der Waals surface area contributed by atoms with E-state index in [0.29, 0.717) is 38.5 Å². The zero-order valence-corrected chi connectivity index (χ0v) is 37.6. The van der Waals surface area contributed by atoms with Gasteiger partial charge in [-0.2, -0.15) is 0 Å². The quantitative estimate of drug-likeness (QED) is 0.0201. The maximum absolute atomic E-state index is 12.6. The number of ketones is 1. The summed E-state index contributed by atoms with van der Waals surface area (Å²) in [6, 6.07) is 0. The molecule has 1 unspecified atom stereocenters. The van der Waals surface area contributed by atoms with Gasteiger partial charge >= 0.3 is 19.8 Å². The second-order valence-electron chi connectivity index (χ2n) is 15.0. The van der Waals surface area contributed by atoms with E-state index in [-0.39, 0.29) is 30.5 Å². The van der Waals surface area contributed by atoms with Crippen molar-refractivity contribution in [3.63, 3.8) is 0 Å². The Morgan fingerprint density at radius 3 is 1.93 bits per heavy atom. The highest BCUT2D eigenvalue weighted by atomic mass is 31.2. The molecule has 0 heterocycles. The first-order chi connectivity index (χ1) is 29.5. The Hall–Kier alpha value is -3.48. The Morgan fingerprint density at radius 1 is 0.721 bits per heavy atom. The monoisotopic (exact) mass is 874 g/mol. The Bertz CT molecular complexity index is 1480. The smallest absolute Gasteiger partial charge is 0.462 e. The van der Waals surface area contributed by atoms with Gasteiger partial charge in [0.15, 0.2) is 11.9 Å². The highest BCUT2D eigenvalue weighted by Crippen LogP contribution is 2.43. The van der Waals surface area contributed by atoms with Crippen LogP contribution in [0.1, 0.15) is 129 Å². The molecule has 1 aliphatic rings. The number of hydrogen-bond donors (Lipinski definition) is 4. The minimum absolute atomic E-state index is 0.000694. The van der Waals surface area contributed by atoms with E-state index in [2.05, 4.69) is 60.9 Å². The first-order valence-corrected chi connectivity index (χ1v) is 23.7. The molecule has 0 fully saturated rings. The summed E-state index contributed by atoms with van der Waals surface area (Å²) in [6.07, 6.45) is 43.0. The molecular formula is C48H75O12P. The summed E-state index contributed by atoms with van der Waals surface area (Å²) in [5.41, 5.74) is 0.